The van der Waals surface area contributed by atoms with Crippen molar-refractivity contribution in [2.24, 2.45) is 66.9 Å². The summed E-state index contributed by atoms with van der Waals surface area (Å²) in [5.74, 6) is -12.9. The zero-order valence-corrected chi connectivity index (χ0v) is 62.6. The van der Waals surface area contributed by atoms with E-state index in [1.807, 2.05) is 0 Å². The molecule has 2 aromatic carbocycles. The van der Waals surface area contributed by atoms with Crippen LogP contribution in [-0.2, 0) is 70.4 Å². The lowest BCUT2D eigenvalue weighted by Gasteiger charge is -2.31. The van der Waals surface area contributed by atoms with E-state index in [0.29, 0.717) is 27.8 Å². The molecule has 0 bridgehead atoms. The number of phenols is 1. The number of nitrogens with two attached hydrogens (primary N) is 7. The quantitative estimate of drug-likeness (QED) is 0.0153. The molecule has 5 rings (SSSR count). The van der Waals surface area contributed by atoms with Gasteiger partial charge >= 0.3 is 5.97 Å². The number of para-hydroxylation sites is 1. The van der Waals surface area contributed by atoms with E-state index in [1.54, 1.807) is 64.4 Å². The summed E-state index contributed by atoms with van der Waals surface area (Å²) in [4.78, 5) is 190. The number of nitrogens with zero attached hydrogens (tertiary/aromatic N) is 4. The fourth-order valence-electron chi connectivity index (χ4n) is 11.5. The Balaban J connectivity index is 1.63. The van der Waals surface area contributed by atoms with Crippen LogP contribution in [0.1, 0.15) is 103 Å². The van der Waals surface area contributed by atoms with E-state index in [2.05, 4.69) is 73.1 Å². The summed E-state index contributed by atoms with van der Waals surface area (Å²) in [6, 6.07) is -2.77. The average molecular weight is 1540 g/mol. The molecule has 2 fully saturated rings. The smallest absolute Gasteiger partial charge is 0.326 e. The third-order valence-electron chi connectivity index (χ3n) is 17.1. The second-order valence-corrected chi connectivity index (χ2v) is 29.9. The van der Waals surface area contributed by atoms with Gasteiger partial charge in [-0.3, -0.25) is 67.7 Å². The summed E-state index contributed by atoms with van der Waals surface area (Å²) in [7, 11) is 1.88. The molecule has 2 aliphatic rings. The third-order valence-corrected chi connectivity index (χ3v) is 20.2. The number of nitrogens with one attached hydrogen (secondary N) is 11. The van der Waals surface area contributed by atoms with Crippen molar-refractivity contribution in [2.45, 2.75) is 171 Å². The van der Waals surface area contributed by atoms with Crippen LogP contribution in [0.5, 0.6) is 5.75 Å². The number of carbonyl (C=O) groups is 12. The lowest BCUT2D eigenvalue weighted by molar-refractivity contribution is -0.143. The molecule has 11 atom stereocenters. The van der Waals surface area contributed by atoms with Crippen molar-refractivity contribution in [1.82, 2.24) is 63.1 Å². The van der Waals surface area contributed by atoms with Gasteiger partial charge in [0.2, 0.25) is 65.0 Å². The minimum atomic E-state index is -1.58. The molecule has 0 spiro atoms. The van der Waals surface area contributed by atoms with Crippen LogP contribution in [-0.4, -0.2) is 232 Å². The zero-order chi connectivity index (χ0) is 78.2. The number of amides is 11. The molecule has 1 aromatic heterocycles. The predicted octanol–water partition coefficient (Wildman–Crippen LogP) is -3.45. The minimum absolute atomic E-state index is 0.00323. The molecular weight excluding hydrogens is 1430 g/mol. The van der Waals surface area contributed by atoms with Gasteiger partial charge in [-0.25, -0.2) is 4.79 Å². The lowest BCUT2D eigenvalue weighted by atomic mass is 9.99. The van der Waals surface area contributed by atoms with Crippen molar-refractivity contribution in [1.29, 1.82) is 0 Å². The SMILES string of the molecule is CSCC[C@@H]1NC(=O)[C@@H](NC(=O)[C@@H](N)CCCN=C(N)N)CSSC[C@@H](C(=O)N[C@@H](Cc2c[nH]c3ccccc23)C(=O)O)NC(=O)[C@@H]2CCCN2C(=O)[C@H](CCCN=C(N)N)NC(=O)[C@H](Cc2ccc(O)cc2)NC(=O)[C@H](C(C)C)NC(=O)[C@H](CCCN=C(N)N)NC(=O)CNC(=O)[C@H](CC(C)C)NC1=O. The van der Waals surface area contributed by atoms with E-state index >= 15 is 9.59 Å². The topological polar surface area (TPSA) is 604 Å². The highest BCUT2D eigenvalue weighted by Crippen LogP contribution is 2.26. The van der Waals surface area contributed by atoms with Crippen LogP contribution in [0.3, 0.4) is 0 Å². The highest BCUT2D eigenvalue weighted by atomic mass is 33.1. The van der Waals surface area contributed by atoms with E-state index in [1.165, 1.54) is 40.9 Å². The van der Waals surface area contributed by atoms with Crippen molar-refractivity contribution in [3.63, 3.8) is 0 Å². The number of aromatic amines is 1. The van der Waals surface area contributed by atoms with Crippen molar-refractivity contribution >= 4 is 133 Å². The van der Waals surface area contributed by atoms with E-state index in [0.717, 1.165) is 21.6 Å². The number of rotatable bonds is 27. The molecule has 0 radical (unpaired) electrons. The van der Waals surface area contributed by atoms with Gasteiger partial charge in [0, 0.05) is 67.6 Å². The van der Waals surface area contributed by atoms with Gasteiger partial charge < -0.3 is 113 Å². The largest absolute Gasteiger partial charge is 0.508 e. The van der Waals surface area contributed by atoms with Gasteiger partial charge in [-0.1, -0.05) is 79.6 Å². The van der Waals surface area contributed by atoms with Crippen molar-refractivity contribution in [3.8, 4) is 5.75 Å². The van der Waals surface area contributed by atoms with Gasteiger partial charge in [-0.2, -0.15) is 11.8 Å². The van der Waals surface area contributed by atoms with Crippen LogP contribution in [0.2, 0.25) is 0 Å². The van der Waals surface area contributed by atoms with Crippen LogP contribution in [0.4, 0.5) is 0 Å². The molecule has 39 heteroatoms. The number of thioether (sulfide) groups is 1. The van der Waals surface area contributed by atoms with Crippen LogP contribution in [0, 0.1) is 11.8 Å². The van der Waals surface area contributed by atoms with Gasteiger partial charge in [0.05, 0.1) is 12.6 Å². The standard InChI is InChI=1S/C67H104N22O14S3/c1-35(2)28-46-55(93)79-32-52(91)80-43(15-9-24-76-66(71)72)57(95)88-53(36(3)4)62(100)84-47(29-37-18-20-39(90)21-19-37)58(96)82-45(16-10-25-77-67(73)74)63(101)89-26-11-17-51(89)61(99)87-50(60(98)85-48(64(102)103)30-38-31-78-42-14-7-6-12-40(38)42)34-106-105-33-49(59(97)81-44(22-27-104-5)56(94)83-46)86-54(92)41(68)13-8-23-75-65(69)70/h6-7,12,14,18-21,31,35-36,41,43-51,53,78,90H,8-11,13,15-17,22-30,32-34,68H2,1-5H3,(H,79,93)(H,80,91)(H,81,97)(H,82,96)(H,83,94)(H,84,100)(H,85,98)(H,86,92)(H,87,99)(H,88,95)(H,102,103)(H4,69,70,75)(H4,71,72,76)(H4,73,74,77)/t41-,43-,44-,45-,46-,47-,48-,49-,50-,51-,53-/m0/s1. The number of aliphatic imine (C=N–C) groups is 3. The Hall–Kier alpha value is -9.76. The number of carbonyl (C=O) groups excluding carboxylic acids is 11. The second kappa shape index (κ2) is 44.3. The summed E-state index contributed by atoms with van der Waals surface area (Å²) >= 11 is 1.34. The molecule has 2 saturated heterocycles. The van der Waals surface area contributed by atoms with Gasteiger partial charge in [0.15, 0.2) is 17.9 Å². The van der Waals surface area contributed by atoms with Crippen molar-refractivity contribution in [3.05, 3.63) is 65.9 Å². The van der Waals surface area contributed by atoms with E-state index in [-0.39, 0.29) is 144 Å². The number of phenolic OH excluding ortho intramolecular Hbond substituents is 1. The number of hydrogen-bond acceptors (Lipinski definition) is 20. The first-order chi connectivity index (χ1) is 50.3. The summed E-state index contributed by atoms with van der Waals surface area (Å²) in [5, 5.41) is 48.3. The third kappa shape index (κ3) is 29.3. The first-order valence-electron chi connectivity index (χ1n) is 34.9. The molecule has 11 amide bonds. The Kier molecular flexibility index (Phi) is 36.3. The van der Waals surface area contributed by atoms with Gasteiger partial charge in [0.25, 0.3) is 0 Å². The van der Waals surface area contributed by atoms with Crippen LogP contribution in [0.15, 0.2) is 69.7 Å². The molecular formula is C67H104N22O14S3. The first-order valence-corrected chi connectivity index (χ1v) is 38.7. The highest BCUT2D eigenvalue weighted by Gasteiger charge is 2.41. The molecule has 27 N–H and O–H groups in total. The summed E-state index contributed by atoms with van der Waals surface area (Å²) < 4.78 is 0. The minimum Gasteiger partial charge on any atom is -0.508 e. The number of aliphatic carboxylic acids is 1. The number of guanidine groups is 3. The van der Waals surface area contributed by atoms with Crippen LogP contribution >= 0.6 is 33.3 Å². The highest BCUT2D eigenvalue weighted by molar-refractivity contribution is 8.76. The van der Waals surface area contributed by atoms with Crippen LogP contribution < -0.4 is 93.3 Å². The van der Waals surface area contributed by atoms with Crippen LogP contribution in [0.25, 0.3) is 10.9 Å². The Labute approximate surface area is 626 Å². The lowest BCUT2D eigenvalue weighted by Crippen LogP contribution is -2.61. The molecule has 0 saturated carbocycles. The monoisotopic (exact) mass is 1540 g/mol. The first kappa shape index (κ1) is 86.9. The van der Waals surface area contributed by atoms with E-state index in [4.69, 9.17) is 40.1 Å². The number of aromatic hydroxyl groups is 1. The Morgan fingerprint density at radius 1 is 0.670 bits per heavy atom. The van der Waals surface area contributed by atoms with Crippen molar-refractivity contribution < 1.29 is 67.7 Å². The molecule has 2 aliphatic heterocycles. The van der Waals surface area contributed by atoms with Gasteiger partial charge in [0.1, 0.15) is 66.2 Å². The number of fused-ring (bicyclic) bond motifs is 2. The summed E-state index contributed by atoms with van der Waals surface area (Å²) in [6.45, 7) is 6.12. The summed E-state index contributed by atoms with van der Waals surface area (Å²) in [6.07, 6.45) is 3.49. The number of aromatic nitrogens is 1. The molecule has 3 aromatic rings. The Morgan fingerprint density at radius 3 is 1.89 bits per heavy atom. The molecule has 0 aliphatic carbocycles. The van der Waals surface area contributed by atoms with Gasteiger partial charge in [-0.05, 0) is 117 Å². The van der Waals surface area contributed by atoms with Crippen molar-refractivity contribution in [2.75, 3.05) is 56.2 Å². The fourth-order valence-corrected chi connectivity index (χ4v) is 14.3. The maximum absolute atomic E-state index is 15.2. The zero-order valence-electron chi connectivity index (χ0n) is 60.2. The maximum atomic E-state index is 15.2. The molecule has 36 nitrogen and oxygen atoms in total. The number of H-pyrrole nitrogens is 1. The number of carboxylic acids is 1. The normalized spacial score (nSPS) is 22.4. The predicted molar refractivity (Wildman–Crippen MR) is 406 cm³/mol. The fraction of sp³-hybridized carbons (Fsp3) is 0.567. The average Bonchev–Trinajstić information content (AvgIpc) is 1.63. The van der Waals surface area contributed by atoms with E-state index in [9.17, 15) is 58.2 Å². The molecule has 584 valence electrons. The Morgan fingerprint density at radius 2 is 1.25 bits per heavy atom. The summed E-state index contributed by atoms with van der Waals surface area (Å²) in [5.41, 5.74) is 41.5. The van der Waals surface area contributed by atoms with E-state index < -0.39 is 150 Å². The molecule has 0 unspecified atom stereocenters. The number of carboxylic acid groups (broad SMARTS) is 1. The Bertz CT molecular complexity index is 3590. The maximum Gasteiger partial charge on any atom is 0.326 e. The number of benzene rings is 2. The molecule has 3 heterocycles. The van der Waals surface area contributed by atoms with Gasteiger partial charge in [-0.15, -0.1) is 0 Å². The second-order valence-electron chi connectivity index (χ2n) is 26.4. The molecule has 106 heavy (non-hydrogen) atoms. The number of hydrogen-bond donors (Lipinski definition) is 20.